The van der Waals surface area contributed by atoms with Gasteiger partial charge in [0.1, 0.15) is 17.5 Å². The highest BCUT2D eigenvalue weighted by Crippen LogP contribution is 2.24. The predicted octanol–water partition coefficient (Wildman–Crippen LogP) is 0.387. The molecule has 0 aromatic rings. The number of amides is 2. The van der Waals surface area contributed by atoms with E-state index in [1.54, 1.807) is 0 Å². The second kappa shape index (κ2) is 5.42. The first-order valence-electron chi connectivity index (χ1n) is 6.43. The molecule has 1 atom stereocenters. The van der Waals surface area contributed by atoms with Crippen molar-refractivity contribution in [1.82, 2.24) is 5.32 Å². The van der Waals surface area contributed by atoms with Crippen LogP contribution in [0.5, 0.6) is 0 Å². The van der Waals surface area contributed by atoms with Crippen LogP contribution in [-0.4, -0.2) is 29.1 Å². The Morgan fingerprint density at radius 1 is 1.16 bits per heavy atom. The number of carbonyl (C=O) groups excluding carboxylic acids is 4. The summed E-state index contributed by atoms with van der Waals surface area (Å²) >= 11 is 0. The monoisotopic (exact) mass is 264 g/mol. The molecule has 1 saturated heterocycles. The summed E-state index contributed by atoms with van der Waals surface area (Å²) < 4.78 is 0. The molecule has 1 heterocycles. The minimum absolute atomic E-state index is 0.0257. The summed E-state index contributed by atoms with van der Waals surface area (Å²) in [5.41, 5.74) is 0.174. The molecule has 102 valence electrons. The molecule has 19 heavy (non-hydrogen) atoms. The number of ketones is 2. The lowest BCUT2D eigenvalue weighted by molar-refractivity contribution is -0.135. The summed E-state index contributed by atoms with van der Waals surface area (Å²) in [7, 11) is 0. The molecule has 2 fully saturated rings. The lowest BCUT2D eigenvalue weighted by Crippen LogP contribution is -2.41. The van der Waals surface area contributed by atoms with Crippen molar-refractivity contribution in [2.75, 3.05) is 0 Å². The first-order valence-corrected chi connectivity index (χ1v) is 6.43. The molecule has 2 aliphatic rings. The van der Waals surface area contributed by atoms with Gasteiger partial charge in [-0.1, -0.05) is 0 Å². The maximum Gasteiger partial charge on any atom is 0.226 e. The number of Topliss-reactive ketones (excluding diaryl/α,β-unsaturated/α-hetero) is 2. The number of hydrogen-bond acceptors (Lipinski definition) is 5. The van der Waals surface area contributed by atoms with E-state index in [0.717, 1.165) is 0 Å². The van der Waals surface area contributed by atoms with Gasteiger partial charge >= 0.3 is 0 Å². The highest BCUT2D eigenvalue weighted by molar-refractivity contribution is 6.21. The topological polar surface area (TPSA) is 104 Å². The summed E-state index contributed by atoms with van der Waals surface area (Å²) in [5, 5.41) is 9.90. The molecule has 0 radical (unpaired) electrons. The SMILES string of the molecule is N=C1CCCC(=O)C1C(=O)CC1CC(=O)NC(=O)C1. The van der Waals surface area contributed by atoms with Crippen LogP contribution in [0.3, 0.4) is 0 Å². The van der Waals surface area contributed by atoms with Crippen molar-refractivity contribution in [3.8, 4) is 0 Å². The molecule has 1 aliphatic carbocycles. The minimum atomic E-state index is -0.936. The van der Waals surface area contributed by atoms with Gasteiger partial charge in [0, 0.05) is 31.4 Å². The highest BCUT2D eigenvalue weighted by Gasteiger charge is 2.35. The van der Waals surface area contributed by atoms with E-state index in [2.05, 4.69) is 5.32 Å². The maximum absolute atomic E-state index is 12.1. The number of rotatable bonds is 3. The molecule has 6 heteroatoms. The van der Waals surface area contributed by atoms with Gasteiger partial charge in [0.05, 0.1) is 0 Å². The Labute approximate surface area is 110 Å². The molecule has 2 rings (SSSR count). The zero-order valence-corrected chi connectivity index (χ0v) is 10.5. The van der Waals surface area contributed by atoms with Crippen LogP contribution in [0.4, 0.5) is 0 Å². The van der Waals surface area contributed by atoms with Gasteiger partial charge in [0.15, 0.2) is 0 Å². The van der Waals surface area contributed by atoms with E-state index in [1.165, 1.54) is 0 Å². The molecular formula is C13H16N2O4. The van der Waals surface area contributed by atoms with Crippen LogP contribution in [0.1, 0.15) is 38.5 Å². The Bertz CT molecular complexity index is 437. The Balaban J connectivity index is 2.00. The zero-order valence-electron chi connectivity index (χ0n) is 10.5. The standard InChI is InChI=1S/C13H16N2O4/c14-8-2-1-3-9(16)13(8)10(17)4-7-5-11(18)15-12(19)6-7/h7,13-14H,1-6H2,(H,15,18,19). The molecule has 1 saturated carbocycles. The van der Waals surface area contributed by atoms with E-state index in [0.29, 0.717) is 19.3 Å². The minimum Gasteiger partial charge on any atom is -0.308 e. The molecule has 6 nitrogen and oxygen atoms in total. The van der Waals surface area contributed by atoms with Crippen LogP contribution in [0.15, 0.2) is 0 Å². The lowest BCUT2D eigenvalue weighted by Gasteiger charge is -2.24. The van der Waals surface area contributed by atoms with Gasteiger partial charge in [-0.15, -0.1) is 0 Å². The average molecular weight is 264 g/mol. The number of imide groups is 1. The first-order chi connectivity index (χ1) is 8.97. The Kier molecular flexibility index (Phi) is 3.87. The van der Waals surface area contributed by atoms with E-state index in [1.807, 2.05) is 0 Å². The molecule has 1 aliphatic heterocycles. The molecule has 0 spiro atoms. The van der Waals surface area contributed by atoms with Gasteiger partial charge in [0.25, 0.3) is 0 Å². The average Bonchev–Trinajstić information content (AvgIpc) is 2.26. The normalized spacial score (nSPS) is 25.4. The largest absolute Gasteiger partial charge is 0.308 e. The summed E-state index contributed by atoms with van der Waals surface area (Å²) in [5.74, 6) is -2.54. The number of piperidine rings is 1. The van der Waals surface area contributed by atoms with Crippen molar-refractivity contribution in [2.24, 2.45) is 11.8 Å². The summed E-state index contributed by atoms with van der Waals surface area (Å²) in [4.78, 5) is 46.2. The fraction of sp³-hybridized carbons (Fsp3) is 0.615. The van der Waals surface area contributed by atoms with Crippen molar-refractivity contribution in [3.63, 3.8) is 0 Å². The van der Waals surface area contributed by atoms with Crippen molar-refractivity contribution in [1.29, 1.82) is 5.41 Å². The third kappa shape index (κ3) is 3.13. The van der Waals surface area contributed by atoms with E-state index >= 15 is 0 Å². The fourth-order valence-electron chi connectivity index (χ4n) is 2.71. The van der Waals surface area contributed by atoms with Gasteiger partial charge in [0.2, 0.25) is 11.8 Å². The number of carbonyl (C=O) groups is 4. The van der Waals surface area contributed by atoms with Crippen LogP contribution in [-0.2, 0) is 19.2 Å². The van der Waals surface area contributed by atoms with Crippen LogP contribution in [0.25, 0.3) is 0 Å². The van der Waals surface area contributed by atoms with E-state index < -0.39 is 5.92 Å². The third-order valence-corrected chi connectivity index (χ3v) is 3.58. The van der Waals surface area contributed by atoms with Gasteiger partial charge in [-0.2, -0.15) is 0 Å². The van der Waals surface area contributed by atoms with Crippen LogP contribution in [0.2, 0.25) is 0 Å². The molecular weight excluding hydrogens is 248 g/mol. The predicted molar refractivity (Wildman–Crippen MR) is 65.6 cm³/mol. The second-order valence-corrected chi connectivity index (χ2v) is 5.19. The Morgan fingerprint density at radius 2 is 1.79 bits per heavy atom. The lowest BCUT2D eigenvalue weighted by atomic mass is 9.79. The smallest absolute Gasteiger partial charge is 0.226 e. The second-order valence-electron chi connectivity index (χ2n) is 5.19. The maximum atomic E-state index is 12.1. The summed E-state index contributed by atoms with van der Waals surface area (Å²) in [6.07, 6.45) is 1.73. The van der Waals surface area contributed by atoms with E-state index in [4.69, 9.17) is 5.41 Å². The van der Waals surface area contributed by atoms with Crippen molar-refractivity contribution in [2.45, 2.75) is 38.5 Å². The van der Waals surface area contributed by atoms with Crippen molar-refractivity contribution >= 4 is 29.1 Å². The third-order valence-electron chi connectivity index (χ3n) is 3.58. The van der Waals surface area contributed by atoms with Gasteiger partial charge in [-0.05, 0) is 18.8 Å². The van der Waals surface area contributed by atoms with Crippen LogP contribution < -0.4 is 5.32 Å². The van der Waals surface area contributed by atoms with Gasteiger partial charge in [-0.3, -0.25) is 24.5 Å². The first kappa shape index (κ1) is 13.6. The molecule has 0 aromatic carbocycles. The molecule has 2 N–H and O–H groups in total. The molecule has 0 bridgehead atoms. The Morgan fingerprint density at radius 3 is 2.37 bits per heavy atom. The van der Waals surface area contributed by atoms with Gasteiger partial charge in [-0.25, -0.2) is 0 Å². The molecule has 1 unspecified atom stereocenters. The van der Waals surface area contributed by atoms with Gasteiger partial charge < -0.3 is 5.41 Å². The van der Waals surface area contributed by atoms with E-state index in [-0.39, 0.29) is 54.3 Å². The molecule has 0 aromatic heterocycles. The number of nitrogens with one attached hydrogen (secondary N) is 2. The van der Waals surface area contributed by atoms with Crippen molar-refractivity contribution in [3.05, 3.63) is 0 Å². The zero-order chi connectivity index (χ0) is 14.0. The summed E-state index contributed by atoms with van der Waals surface area (Å²) in [6, 6.07) is 0. The van der Waals surface area contributed by atoms with Crippen LogP contribution >= 0.6 is 0 Å². The Hall–Kier alpha value is -1.85. The fourth-order valence-corrected chi connectivity index (χ4v) is 2.71. The highest BCUT2D eigenvalue weighted by atomic mass is 16.2. The molecule has 2 amide bonds. The summed E-state index contributed by atoms with van der Waals surface area (Å²) in [6.45, 7) is 0. The number of hydrogen-bond donors (Lipinski definition) is 2. The van der Waals surface area contributed by atoms with Crippen molar-refractivity contribution < 1.29 is 19.2 Å². The van der Waals surface area contributed by atoms with E-state index in [9.17, 15) is 19.2 Å². The quantitative estimate of drug-likeness (QED) is 0.568. The van der Waals surface area contributed by atoms with Crippen LogP contribution in [0, 0.1) is 17.2 Å².